The Bertz CT molecular complexity index is 910. The van der Waals surface area contributed by atoms with E-state index in [4.69, 9.17) is 4.52 Å². The summed E-state index contributed by atoms with van der Waals surface area (Å²) in [6.07, 6.45) is 0.415. The van der Waals surface area contributed by atoms with Gasteiger partial charge in [-0.15, -0.1) is 0 Å². The third-order valence-electron chi connectivity index (χ3n) is 5.30. The third kappa shape index (κ3) is 3.25. The summed E-state index contributed by atoms with van der Waals surface area (Å²) in [4.78, 5) is 19.0. The molecule has 2 saturated heterocycles. The zero-order valence-corrected chi connectivity index (χ0v) is 15.4. The van der Waals surface area contributed by atoms with Crippen molar-refractivity contribution in [3.63, 3.8) is 0 Å². The molecule has 3 heterocycles. The molecule has 2 aliphatic rings. The summed E-state index contributed by atoms with van der Waals surface area (Å²) >= 11 is 0. The minimum Gasteiger partial charge on any atom is -0.341 e. The van der Waals surface area contributed by atoms with Crippen LogP contribution >= 0.6 is 0 Å². The van der Waals surface area contributed by atoms with Gasteiger partial charge in [-0.05, 0) is 18.9 Å². The van der Waals surface area contributed by atoms with Gasteiger partial charge in [0, 0.05) is 19.0 Å². The van der Waals surface area contributed by atoms with E-state index in [1.165, 1.54) is 0 Å². The molecule has 2 fully saturated rings. The van der Waals surface area contributed by atoms with Crippen LogP contribution in [0.5, 0.6) is 0 Å². The van der Waals surface area contributed by atoms with Crippen molar-refractivity contribution in [2.24, 2.45) is 5.92 Å². The maximum absolute atomic E-state index is 12.9. The van der Waals surface area contributed by atoms with Crippen molar-refractivity contribution in [2.45, 2.75) is 25.2 Å². The number of nitrogens with zero attached hydrogens (tertiary/aromatic N) is 3. The molecular weight excluding hydrogens is 354 g/mol. The molecular formula is C18H21N3O4S. The lowest BCUT2D eigenvalue weighted by Crippen LogP contribution is -2.35. The molecule has 4 rings (SSSR count). The van der Waals surface area contributed by atoms with Crippen molar-refractivity contribution in [3.8, 4) is 0 Å². The average Bonchev–Trinajstić information content (AvgIpc) is 3.33. The van der Waals surface area contributed by atoms with Gasteiger partial charge in [0.2, 0.25) is 11.8 Å². The van der Waals surface area contributed by atoms with E-state index in [0.29, 0.717) is 31.2 Å². The second kappa shape index (κ2) is 6.50. The standard InChI is InChI=1S/C18H21N3O4S/c1-12-19-17(25-20-12)16-10-21(9-15(16)13-5-3-2-4-6-13)18(22)14-7-8-26(23,24)11-14/h2-6,14-16H,7-11H2,1H3/t14-,15-,16-/m1/s1. The first-order valence-corrected chi connectivity index (χ1v) is 10.6. The van der Waals surface area contributed by atoms with Crippen molar-refractivity contribution in [2.75, 3.05) is 24.6 Å². The zero-order valence-electron chi connectivity index (χ0n) is 14.5. The van der Waals surface area contributed by atoms with Gasteiger partial charge in [0.1, 0.15) is 0 Å². The molecule has 3 atom stereocenters. The molecule has 1 aromatic heterocycles. The maximum Gasteiger partial charge on any atom is 0.232 e. The number of aromatic nitrogens is 2. The number of hydrogen-bond acceptors (Lipinski definition) is 6. The lowest BCUT2D eigenvalue weighted by molar-refractivity contribution is -0.133. The minimum absolute atomic E-state index is 0.0390. The van der Waals surface area contributed by atoms with Gasteiger partial charge in [0.05, 0.1) is 23.3 Å². The number of benzene rings is 1. The summed E-state index contributed by atoms with van der Waals surface area (Å²) in [5.74, 6) is 0.627. The molecule has 0 N–H and O–H groups in total. The summed E-state index contributed by atoms with van der Waals surface area (Å²) in [6.45, 7) is 2.77. The second-order valence-corrected chi connectivity index (χ2v) is 9.38. The van der Waals surface area contributed by atoms with Crippen LogP contribution in [-0.4, -0.2) is 54.0 Å². The molecule has 7 nitrogen and oxygen atoms in total. The summed E-state index contributed by atoms with van der Waals surface area (Å²) < 4.78 is 28.9. The fourth-order valence-corrected chi connectivity index (χ4v) is 5.72. The molecule has 8 heteroatoms. The van der Waals surface area contributed by atoms with Crippen LogP contribution in [0.2, 0.25) is 0 Å². The van der Waals surface area contributed by atoms with Crippen molar-refractivity contribution < 1.29 is 17.7 Å². The van der Waals surface area contributed by atoms with Gasteiger partial charge in [-0.3, -0.25) is 4.79 Å². The first-order valence-electron chi connectivity index (χ1n) is 8.77. The predicted molar refractivity (Wildman–Crippen MR) is 94.3 cm³/mol. The van der Waals surface area contributed by atoms with Crippen molar-refractivity contribution in [3.05, 3.63) is 47.6 Å². The first-order chi connectivity index (χ1) is 12.4. The Balaban J connectivity index is 1.60. The highest BCUT2D eigenvalue weighted by molar-refractivity contribution is 7.91. The van der Waals surface area contributed by atoms with Gasteiger partial charge in [-0.25, -0.2) is 8.42 Å². The van der Waals surface area contributed by atoms with E-state index < -0.39 is 15.8 Å². The number of carbonyl (C=O) groups excluding carboxylic acids is 1. The number of carbonyl (C=O) groups is 1. The normalized spacial score (nSPS) is 27.7. The lowest BCUT2D eigenvalue weighted by Gasteiger charge is -2.19. The van der Waals surface area contributed by atoms with Gasteiger partial charge < -0.3 is 9.42 Å². The summed E-state index contributed by atoms with van der Waals surface area (Å²) in [5.41, 5.74) is 1.11. The van der Waals surface area contributed by atoms with Crippen LogP contribution in [0.1, 0.15) is 35.5 Å². The monoisotopic (exact) mass is 375 g/mol. The molecule has 0 unspecified atom stereocenters. The molecule has 138 valence electrons. The molecule has 0 radical (unpaired) electrons. The lowest BCUT2D eigenvalue weighted by atomic mass is 9.89. The van der Waals surface area contributed by atoms with Gasteiger partial charge in [0.25, 0.3) is 0 Å². The Morgan fingerprint density at radius 2 is 1.92 bits per heavy atom. The number of rotatable bonds is 3. The van der Waals surface area contributed by atoms with Crippen LogP contribution in [0.25, 0.3) is 0 Å². The Labute approximate surface area is 152 Å². The summed E-state index contributed by atoms with van der Waals surface area (Å²) in [7, 11) is -3.09. The van der Waals surface area contributed by atoms with E-state index in [9.17, 15) is 13.2 Å². The smallest absolute Gasteiger partial charge is 0.232 e. The number of sulfone groups is 1. The minimum atomic E-state index is -3.09. The van der Waals surface area contributed by atoms with E-state index >= 15 is 0 Å². The number of likely N-dealkylation sites (tertiary alicyclic amines) is 1. The molecule has 2 aliphatic heterocycles. The molecule has 1 amide bonds. The molecule has 0 aliphatic carbocycles. The highest BCUT2D eigenvalue weighted by Gasteiger charge is 2.43. The van der Waals surface area contributed by atoms with Gasteiger partial charge in [0.15, 0.2) is 15.7 Å². The van der Waals surface area contributed by atoms with Crippen molar-refractivity contribution in [1.29, 1.82) is 0 Å². The van der Waals surface area contributed by atoms with Gasteiger partial charge >= 0.3 is 0 Å². The Hall–Kier alpha value is -2.22. The Kier molecular flexibility index (Phi) is 4.30. The van der Waals surface area contributed by atoms with Crippen LogP contribution in [0.3, 0.4) is 0 Å². The van der Waals surface area contributed by atoms with Crippen LogP contribution in [-0.2, 0) is 14.6 Å². The number of hydrogen-bond donors (Lipinski definition) is 0. The first kappa shape index (κ1) is 17.2. The van der Waals surface area contributed by atoms with E-state index in [0.717, 1.165) is 5.56 Å². The van der Waals surface area contributed by atoms with E-state index in [-0.39, 0.29) is 29.2 Å². The second-order valence-electron chi connectivity index (χ2n) is 7.15. The third-order valence-corrected chi connectivity index (χ3v) is 7.07. The van der Waals surface area contributed by atoms with Crippen LogP contribution in [0, 0.1) is 12.8 Å². The summed E-state index contributed by atoms with van der Waals surface area (Å²) in [5, 5.41) is 3.89. The fraction of sp³-hybridized carbons (Fsp3) is 0.500. The van der Waals surface area contributed by atoms with Crippen LogP contribution < -0.4 is 0 Å². The fourth-order valence-electron chi connectivity index (χ4n) is 3.98. The molecule has 0 bridgehead atoms. The van der Waals surface area contributed by atoms with Crippen molar-refractivity contribution in [1.82, 2.24) is 15.0 Å². The summed E-state index contributed by atoms with van der Waals surface area (Å²) in [6, 6.07) is 9.97. The van der Waals surface area contributed by atoms with Crippen LogP contribution in [0.4, 0.5) is 0 Å². The van der Waals surface area contributed by atoms with E-state index in [1.54, 1.807) is 11.8 Å². The number of amides is 1. The number of aryl methyl sites for hydroxylation is 1. The Morgan fingerprint density at radius 3 is 2.54 bits per heavy atom. The van der Waals surface area contributed by atoms with Gasteiger partial charge in [-0.1, -0.05) is 35.5 Å². The largest absolute Gasteiger partial charge is 0.341 e. The molecule has 26 heavy (non-hydrogen) atoms. The van der Waals surface area contributed by atoms with E-state index in [1.807, 2.05) is 30.3 Å². The van der Waals surface area contributed by atoms with Crippen molar-refractivity contribution >= 4 is 15.7 Å². The van der Waals surface area contributed by atoms with Gasteiger partial charge in [-0.2, -0.15) is 4.98 Å². The van der Waals surface area contributed by atoms with Crippen LogP contribution in [0.15, 0.2) is 34.9 Å². The maximum atomic E-state index is 12.9. The molecule has 1 aromatic carbocycles. The molecule has 0 spiro atoms. The average molecular weight is 375 g/mol. The Morgan fingerprint density at radius 1 is 1.19 bits per heavy atom. The highest BCUT2D eigenvalue weighted by Crippen LogP contribution is 2.40. The highest BCUT2D eigenvalue weighted by atomic mass is 32.2. The molecule has 2 aromatic rings. The predicted octanol–water partition coefficient (Wildman–Crippen LogP) is 1.52. The SMILES string of the molecule is Cc1noc([C@@H]2CN(C(=O)[C@@H]3CCS(=O)(=O)C3)C[C@@H]2c2ccccc2)n1. The molecule has 0 saturated carbocycles. The quantitative estimate of drug-likeness (QED) is 0.807. The van der Waals surface area contributed by atoms with E-state index in [2.05, 4.69) is 10.1 Å². The zero-order chi connectivity index (χ0) is 18.3. The topological polar surface area (TPSA) is 93.4 Å².